The van der Waals surface area contributed by atoms with Crippen LogP contribution in [0.15, 0.2) is 12.3 Å². The largest absolute Gasteiger partial charge is 0.383 e. The summed E-state index contributed by atoms with van der Waals surface area (Å²) in [7, 11) is 0. The van der Waals surface area contributed by atoms with Crippen LogP contribution < -0.4 is 17.0 Å². The quantitative estimate of drug-likeness (QED) is 0.570. The molecule has 0 saturated heterocycles. The predicted octanol–water partition coefficient (Wildman–Crippen LogP) is 2.17. The molecule has 5 N–H and O–H groups in total. The Morgan fingerprint density at radius 3 is 2.79 bits per heavy atom. The fraction of sp³-hybridized carbons (Fsp3) is 0.615. The molecule has 1 unspecified atom stereocenters. The Labute approximate surface area is 118 Å². The number of nitrogen functional groups attached to an aromatic ring is 1. The van der Waals surface area contributed by atoms with Gasteiger partial charge in [-0.15, -0.1) is 0 Å². The summed E-state index contributed by atoms with van der Waals surface area (Å²) < 4.78 is 6.02. The number of nitrogens with two attached hydrogens (primary N) is 2. The lowest BCUT2D eigenvalue weighted by atomic mass is 9.87. The molecule has 0 spiro atoms. The lowest BCUT2D eigenvalue weighted by molar-refractivity contribution is -0.0626. The van der Waals surface area contributed by atoms with Gasteiger partial charge in [0.2, 0.25) is 0 Å². The first-order valence-corrected chi connectivity index (χ1v) is 7.02. The van der Waals surface area contributed by atoms with Gasteiger partial charge in [-0.25, -0.2) is 10.4 Å². The number of anilines is 1. The van der Waals surface area contributed by atoms with E-state index in [1.165, 1.54) is 6.20 Å². The van der Waals surface area contributed by atoms with Crippen LogP contribution in [-0.4, -0.2) is 17.2 Å². The second-order valence-corrected chi connectivity index (χ2v) is 5.37. The first-order valence-electron chi connectivity index (χ1n) is 6.64. The third-order valence-electron chi connectivity index (χ3n) is 3.80. The maximum atomic E-state index is 6.02. The van der Waals surface area contributed by atoms with Crippen LogP contribution in [0.3, 0.4) is 0 Å². The van der Waals surface area contributed by atoms with Gasteiger partial charge >= 0.3 is 0 Å². The predicted molar refractivity (Wildman–Crippen MR) is 76.5 cm³/mol. The molecule has 0 aliphatic heterocycles. The Hall–Kier alpha value is -0.880. The summed E-state index contributed by atoms with van der Waals surface area (Å²) in [4.78, 5) is 4.10. The van der Waals surface area contributed by atoms with Crippen molar-refractivity contribution >= 4 is 17.4 Å². The molecule has 19 heavy (non-hydrogen) atoms. The Bertz CT molecular complexity index is 435. The van der Waals surface area contributed by atoms with E-state index in [4.69, 9.17) is 27.9 Å². The Kier molecular flexibility index (Phi) is 4.62. The topological polar surface area (TPSA) is 86.2 Å². The minimum Gasteiger partial charge on any atom is -0.383 e. The maximum Gasteiger partial charge on any atom is 0.128 e. The van der Waals surface area contributed by atoms with E-state index >= 15 is 0 Å². The number of nitrogens with one attached hydrogen (secondary N) is 1. The van der Waals surface area contributed by atoms with Crippen LogP contribution in [0.4, 0.5) is 5.82 Å². The van der Waals surface area contributed by atoms with Crippen molar-refractivity contribution in [2.75, 3.05) is 12.3 Å². The van der Waals surface area contributed by atoms with Gasteiger partial charge in [0.25, 0.3) is 0 Å². The van der Waals surface area contributed by atoms with Crippen molar-refractivity contribution in [1.82, 2.24) is 10.4 Å². The van der Waals surface area contributed by atoms with Crippen molar-refractivity contribution < 1.29 is 4.74 Å². The van der Waals surface area contributed by atoms with Gasteiger partial charge in [-0.05, 0) is 25.8 Å². The van der Waals surface area contributed by atoms with Gasteiger partial charge in [-0.2, -0.15) is 0 Å². The molecule has 5 nitrogen and oxygen atoms in total. The molecule has 6 heteroatoms. The van der Waals surface area contributed by atoms with E-state index < -0.39 is 0 Å². The molecule has 1 aliphatic rings. The second kappa shape index (κ2) is 6.05. The zero-order valence-corrected chi connectivity index (χ0v) is 11.9. The highest BCUT2D eigenvalue weighted by molar-refractivity contribution is 6.30. The summed E-state index contributed by atoms with van der Waals surface area (Å²) in [6.07, 6.45) is 5.72. The van der Waals surface area contributed by atoms with Crippen LogP contribution in [0.5, 0.6) is 0 Å². The lowest BCUT2D eigenvalue weighted by Gasteiger charge is -2.37. The van der Waals surface area contributed by atoms with Crippen molar-refractivity contribution in [3.05, 3.63) is 22.8 Å². The van der Waals surface area contributed by atoms with Crippen LogP contribution in [0, 0.1) is 0 Å². The number of pyridine rings is 1. The van der Waals surface area contributed by atoms with E-state index in [9.17, 15) is 0 Å². The molecule has 1 atom stereocenters. The molecular weight excluding hydrogens is 264 g/mol. The van der Waals surface area contributed by atoms with Gasteiger partial charge in [0.1, 0.15) is 5.82 Å². The summed E-state index contributed by atoms with van der Waals surface area (Å²) in [5.41, 5.74) is 9.31. The SMILES string of the molecule is CCOC1(C(NN)c2cc(Cl)cnc2N)CCCC1. The molecule has 1 aliphatic carbocycles. The summed E-state index contributed by atoms with van der Waals surface area (Å²) in [5, 5.41) is 0.550. The van der Waals surface area contributed by atoms with E-state index in [-0.39, 0.29) is 11.6 Å². The van der Waals surface area contributed by atoms with E-state index in [0.717, 1.165) is 31.2 Å². The Morgan fingerprint density at radius 2 is 2.21 bits per heavy atom. The summed E-state index contributed by atoms with van der Waals surface area (Å²) >= 11 is 6.02. The van der Waals surface area contributed by atoms with Gasteiger partial charge in [-0.3, -0.25) is 5.84 Å². The highest BCUT2D eigenvalue weighted by atomic mass is 35.5. The third-order valence-corrected chi connectivity index (χ3v) is 4.01. The van der Waals surface area contributed by atoms with Crippen molar-refractivity contribution in [1.29, 1.82) is 0 Å². The van der Waals surface area contributed by atoms with Gasteiger partial charge in [-0.1, -0.05) is 24.4 Å². The minimum atomic E-state index is -0.315. The molecule has 1 saturated carbocycles. The smallest absolute Gasteiger partial charge is 0.128 e. The number of rotatable bonds is 5. The highest BCUT2D eigenvalue weighted by Crippen LogP contribution is 2.44. The number of hydrazine groups is 1. The van der Waals surface area contributed by atoms with Crippen molar-refractivity contribution in [2.24, 2.45) is 5.84 Å². The highest BCUT2D eigenvalue weighted by Gasteiger charge is 2.43. The number of hydrogen-bond donors (Lipinski definition) is 3. The van der Waals surface area contributed by atoms with E-state index in [2.05, 4.69) is 10.4 Å². The lowest BCUT2D eigenvalue weighted by Crippen LogP contribution is -2.47. The molecule has 0 aromatic carbocycles. The van der Waals surface area contributed by atoms with Gasteiger partial charge in [0, 0.05) is 18.4 Å². The molecular formula is C13H21ClN4O. The van der Waals surface area contributed by atoms with Crippen molar-refractivity contribution in [3.63, 3.8) is 0 Å². The molecule has 1 aromatic heterocycles. The monoisotopic (exact) mass is 284 g/mol. The Morgan fingerprint density at radius 1 is 1.53 bits per heavy atom. The third kappa shape index (κ3) is 2.84. The molecule has 0 amide bonds. The number of hydrogen-bond acceptors (Lipinski definition) is 5. The average molecular weight is 285 g/mol. The normalized spacial score (nSPS) is 19.5. The van der Waals surface area contributed by atoms with Crippen LogP contribution >= 0.6 is 11.6 Å². The zero-order valence-electron chi connectivity index (χ0n) is 11.2. The second-order valence-electron chi connectivity index (χ2n) is 4.93. The van der Waals surface area contributed by atoms with Crippen LogP contribution in [0.2, 0.25) is 5.02 Å². The zero-order chi connectivity index (χ0) is 13.9. The van der Waals surface area contributed by atoms with Gasteiger partial charge in [0.15, 0.2) is 0 Å². The standard InChI is InChI=1S/C13H21ClN4O/c1-2-19-13(5-3-4-6-13)11(18-16)10-7-9(14)8-17-12(10)15/h7-8,11,18H,2-6,16H2,1H3,(H2,15,17). The number of halogens is 1. The summed E-state index contributed by atoms with van der Waals surface area (Å²) in [6.45, 7) is 2.64. The molecule has 1 aromatic rings. The van der Waals surface area contributed by atoms with E-state index in [1.807, 2.05) is 13.0 Å². The van der Waals surface area contributed by atoms with Crippen molar-refractivity contribution in [2.45, 2.75) is 44.2 Å². The van der Waals surface area contributed by atoms with E-state index in [0.29, 0.717) is 17.4 Å². The van der Waals surface area contributed by atoms with Crippen LogP contribution in [0.1, 0.15) is 44.2 Å². The molecule has 106 valence electrons. The number of nitrogens with zero attached hydrogens (tertiary/aromatic N) is 1. The van der Waals surface area contributed by atoms with Crippen molar-refractivity contribution in [3.8, 4) is 0 Å². The average Bonchev–Trinajstić information content (AvgIpc) is 2.84. The molecule has 0 radical (unpaired) electrons. The first-order chi connectivity index (χ1) is 9.13. The fourth-order valence-electron chi connectivity index (χ4n) is 3.00. The number of ether oxygens (including phenoxy) is 1. The Balaban J connectivity index is 2.39. The van der Waals surface area contributed by atoms with Gasteiger partial charge < -0.3 is 10.5 Å². The minimum absolute atomic E-state index is 0.193. The maximum absolute atomic E-state index is 6.02. The fourth-order valence-corrected chi connectivity index (χ4v) is 3.17. The van der Waals surface area contributed by atoms with E-state index in [1.54, 1.807) is 0 Å². The molecule has 0 bridgehead atoms. The summed E-state index contributed by atoms with van der Waals surface area (Å²) in [6, 6.07) is 1.62. The first kappa shape index (κ1) is 14.5. The summed E-state index contributed by atoms with van der Waals surface area (Å²) in [5.74, 6) is 6.21. The van der Waals surface area contributed by atoms with Gasteiger partial charge in [0.05, 0.1) is 16.7 Å². The number of aromatic nitrogens is 1. The molecule has 1 heterocycles. The van der Waals surface area contributed by atoms with Crippen LogP contribution in [0.25, 0.3) is 0 Å². The molecule has 1 fully saturated rings. The molecule has 2 rings (SSSR count). The van der Waals surface area contributed by atoms with Crippen LogP contribution in [-0.2, 0) is 4.74 Å².